The van der Waals surface area contributed by atoms with Gasteiger partial charge in [0.1, 0.15) is 0 Å². The molecule has 2 aromatic rings. The number of hydrogen-bond acceptors (Lipinski definition) is 3. The molecule has 3 N–H and O–H groups in total. The summed E-state index contributed by atoms with van der Waals surface area (Å²) in [4.78, 5) is 23.1. The van der Waals surface area contributed by atoms with E-state index in [9.17, 15) is 24.9 Å². The quantitative estimate of drug-likeness (QED) is 0.691. The van der Waals surface area contributed by atoms with Gasteiger partial charge in [0.05, 0.1) is 17.9 Å². The van der Waals surface area contributed by atoms with Gasteiger partial charge >= 0.3 is 11.9 Å². The lowest BCUT2D eigenvalue weighted by atomic mass is 9.83. The molecule has 5 heteroatoms. The van der Waals surface area contributed by atoms with Crippen molar-refractivity contribution in [1.82, 2.24) is 0 Å². The van der Waals surface area contributed by atoms with Gasteiger partial charge in [0.15, 0.2) is 0 Å². The number of aliphatic hydroxyl groups is 1. The second-order valence-electron chi connectivity index (χ2n) is 5.76. The van der Waals surface area contributed by atoms with Crippen molar-refractivity contribution < 1.29 is 24.9 Å². The van der Waals surface area contributed by atoms with Crippen molar-refractivity contribution in [3.8, 4) is 0 Å². The summed E-state index contributed by atoms with van der Waals surface area (Å²) in [6, 6.07) is 17.8. The molecule has 2 aromatic carbocycles. The lowest BCUT2D eigenvalue weighted by Crippen LogP contribution is -2.40. The number of carbonyl (C=O) groups is 2. The third-order valence-corrected chi connectivity index (χ3v) is 4.06. The molecular formula is C19H20O5. The van der Waals surface area contributed by atoms with E-state index in [1.54, 1.807) is 48.5 Å². The van der Waals surface area contributed by atoms with E-state index in [1.165, 1.54) is 0 Å². The van der Waals surface area contributed by atoms with Gasteiger partial charge in [-0.25, -0.2) is 0 Å². The van der Waals surface area contributed by atoms with E-state index in [1.807, 2.05) is 12.1 Å². The zero-order valence-corrected chi connectivity index (χ0v) is 13.1. The van der Waals surface area contributed by atoms with Crippen LogP contribution in [0.4, 0.5) is 0 Å². The summed E-state index contributed by atoms with van der Waals surface area (Å²) < 4.78 is 0. The maximum Gasteiger partial charge on any atom is 0.309 e. The second-order valence-corrected chi connectivity index (χ2v) is 5.76. The van der Waals surface area contributed by atoms with Crippen LogP contribution in [0.5, 0.6) is 0 Å². The molecule has 0 heterocycles. The fraction of sp³-hybridized carbons (Fsp3) is 0.263. The van der Waals surface area contributed by atoms with Gasteiger partial charge in [-0.1, -0.05) is 60.7 Å². The Morgan fingerprint density at radius 1 is 0.708 bits per heavy atom. The van der Waals surface area contributed by atoms with Crippen LogP contribution in [0, 0.1) is 11.8 Å². The standard InChI is InChI=1S/C19H20O5/c20-17(15(18(21)22)11-13-7-3-1-4-8-13)16(19(23)24)12-14-9-5-2-6-10-14/h1-10,15-17,20H,11-12H2,(H,21,22)(H,23,24). The van der Waals surface area contributed by atoms with E-state index in [2.05, 4.69) is 0 Å². The lowest BCUT2D eigenvalue weighted by Gasteiger charge is -2.25. The number of carboxylic acids is 2. The van der Waals surface area contributed by atoms with Crippen molar-refractivity contribution in [3.05, 3.63) is 71.8 Å². The number of aliphatic carboxylic acids is 2. The minimum atomic E-state index is -1.49. The van der Waals surface area contributed by atoms with Crippen LogP contribution < -0.4 is 0 Å². The summed E-state index contributed by atoms with van der Waals surface area (Å²) in [6.45, 7) is 0. The Kier molecular flexibility index (Phi) is 6.09. The summed E-state index contributed by atoms with van der Waals surface area (Å²) in [5.41, 5.74) is 1.49. The first-order chi connectivity index (χ1) is 11.5. The Labute approximate surface area is 140 Å². The highest BCUT2D eigenvalue weighted by molar-refractivity contribution is 5.75. The normalized spacial score (nSPS) is 14.5. The van der Waals surface area contributed by atoms with Crippen molar-refractivity contribution in [2.24, 2.45) is 11.8 Å². The van der Waals surface area contributed by atoms with Gasteiger partial charge in [-0.05, 0) is 24.0 Å². The van der Waals surface area contributed by atoms with E-state index in [-0.39, 0.29) is 12.8 Å². The number of hydrogen-bond donors (Lipinski definition) is 3. The molecule has 0 fully saturated rings. The van der Waals surface area contributed by atoms with E-state index >= 15 is 0 Å². The van der Waals surface area contributed by atoms with Gasteiger partial charge in [0.25, 0.3) is 0 Å². The molecule has 0 radical (unpaired) electrons. The van der Waals surface area contributed by atoms with Crippen molar-refractivity contribution >= 4 is 11.9 Å². The number of carboxylic acid groups (broad SMARTS) is 2. The van der Waals surface area contributed by atoms with E-state index < -0.39 is 29.9 Å². The minimum absolute atomic E-state index is 0.0793. The summed E-state index contributed by atoms with van der Waals surface area (Å²) in [7, 11) is 0. The third-order valence-electron chi connectivity index (χ3n) is 4.06. The summed E-state index contributed by atoms with van der Waals surface area (Å²) >= 11 is 0. The monoisotopic (exact) mass is 328 g/mol. The molecule has 0 aromatic heterocycles. The van der Waals surface area contributed by atoms with Crippen LogP contribution in [0.1, 0.15) is 11.1 Å². The second kappa shape index (κ2) is 8.26. The highest BCUT2D eigenvalue weighted by atomic mass is 16.4. The first kappa shape index (κ1) is 17.7. The van der Waals surface area contributed by atoms with Crippen LogP contribution in [0.25, 0.3) is 0 Å². The molecule has 0 amide bonds. The smallest absolute Gasteiger partial charge is 0.309 e. The van der Waals surface area contributed by atoms with Crippen LogP contribution in [-0.2, 0) is 22.4 Å². The Balaban J connectivity index is 2.19. The zero-order valence-electron chi connectivity index (χ0n) is 13.1. The molecule has 0 saturated heterocycles. The number of rotatable bonds is 8. The Bertz CT molecular complexity index is 609. The van der Waals surface area contributed by atoms with E-state index in [0.717, 1.165) is 11.1 Å². The van der Waals surface area contributed by atoms with Crippen LogP contribution >= 0.6 is 0 Å². The van der Waals surface area contributed by atoms with E-state index in [4.69, 9.17) is 0 Å². The van der Waals surface area contributed by atoms with E-state index in [0.29, 0.717) is 0 Å². The van der Waals surface area contributed by atoms with Crippen LogP contribution in [-0.4, -0.2) is 33.4 Å². The minimum Gasteiger partial charge on any atom is -0.481 e. The largest absolute Gasteiger partial charge is 0.481 e. The highest BCUT2D eigenvalue weighted by Crippen LogP contribution is 2.23. The van der Waals surface area contributed by atoms with Crippen molar-refractivity contribution in [2.75, 3.05) is 0 Å². The fourth-order valence-electron chi connectivity index (χ4n) is 2.72. The molecule has 0 aliphatic carbocycles. The van der Waals surface area contributed by atoms with Crippen LogP contribution in [0.3, 0.4) is 0 Å². The molecule has 24 heavy (non-hydrogen) atoms. The molecular weight excluding hydrogens is 308 g/mol. The molecule has 0 bridgehead atoms. The average Bonchev–Trinajstić information content (AvgIpc) is 2.58. The third kappa shape index (κ3) is 4.67. The zero-order chi connectivity index (χ0) is 17.5. The summed E-state index contributed by atoms with van der Waals surface area (Å²) in [5, 5.41) is 29.4. The molecule has 2 unspecified atom stereocenters. The Morgan fingerprint density at radius 3 is 1.33 bits per heavy atom. The van der Waals surface area contributed by atoms with Gasteiger partial charge in [-0.15, -0.1) is 0 Å². The van der Waals surface area contributed by atoms with Gasteiger partial charge in [0, 0.05) is 0 Å². The molecule has 2 atom stereocenters. The molecule has 2 rings (SSSR count). The van der Waals surface area contributed by atoms with Crippen molar-refractivity contribution in [1.29, 1.82) is 0 Å². The highest BCUT2D eigenvalue weighted by Gasteiger charge is 2.37. The first-order valence-electron chi connectivity index (χ1n) is 7.70. The van der Waals surface area contributed by atoms with Gasteiger partial charge in [-0.3, -0.25) is 9.59 Å². The SMILES string of the molecule is O=C(O)C(Cc1ccccc1)C(O)C(Cc1ccccc1)C(=O)O. The maximum atomic E-state index is 11.6. The molecule has 0 spiro atoms. The van der Waals surface area contributed by atoms with Gasteiger partial charge < -0.3 is 15.3 Å². The molecule has 5 nitrogen and oxygen atoms in total. The summed E-state index contributed by atoms with van der Waals surface area (Å²) in [6.07, 6.45) is -1.33. The molecule has 0 saturated carbocycles. The average molecular weight is 328 g/mol. The molecule has 0 aliphatic heterocycles. The topological polar surface area (TPSA) is 94.8 Å². The lowest BCUT2D eigenvalue weighted by molar-refractivity contribution is -0.153. The van der Waals surface area contributed by atoms with Gasteiger partial charge in [0.2, 0.25) is 0 Å². The van der Waals surface area contributed by atoms with Gasteiger partial charge in [-0.2, -0.15) is 0 Å². The maximum absolute atomic E-state index is 11.6. The number of aliphatic hydroxyl groups excluding tert-OH is 1. The Hall–Kier alpha value is -2.66. The molecule has 126 valence electrons. The van der Waals surface area contributed by atoms with Crippen molar-refractivity contribution in [3.63, 3.8) is 0 Å². The summed E-state index contributed by atoms with van der Waals surface area (Å²) in [5.74, 6) is -4.77. The van der Waals surface area contributed by atoms with Crippen molar-refractivity contribution in [2.45, 2.75) is 18.9 Å². The van der Waals surface area contributed by atoms with Crippen LogP contribution in [0.15, 0.2) is 60.7 Å². The number of benzene rings is 2. The molecule has 0 aliphatic rings. The fourth-order valence-corrected chi connectivity index (χ4v) is 2.72. The Morgan fingerprint density at radius 2 is 1.04 bits per heavy atom. The predicted molar refractivity (Wildman–Crippen MR) is 88.6 cm³/mol. The predicted octanol–water partition coefficient (Wildman–Crippen LogP) is 2.23. The van der Waals surface area contributed by atoms with Crippen LogP contribution in [0.2, 0.25) is 0 Å². The first-order valence-corrected chi connectivity index (χ1v) is 7.70.